The van der Waals surface area contributed by atoms with Crippen LogP contribution in [0.3, 0.4) is 0 Å². The minimum absolute atomic E-state index is 0.0218. The Morgan fingerprint density at radius 3 is 2.74 bits per heavy atom. The molecule has 0 N–H and O–H groups in total. The molecule has 7 heteroatoms. The number of ether oxygens (including phenoxy) is 1. The maximum atomic E-state index is 6.35. The van der Waals surface area contributed by atoms with Gasteiger partial charge >= 0.3 is 0 Å². The molecule has 0 unspecified atom stereocenters. The molecule has 0 aliphatic carbocycles. The van der Waals surface area contributed by atoms with Crippen LogP contribution < -0.4 is 4.74 Å². The molecule has 0 saturated carbocycles. The van der Waals surface area contributed by atoms with Gasteiger partial charge < -0.3 is 14.2 Å². The Balaban J connectivity index is 1.65. The van der Waals surface area contributed by atoms with E-state index in [2.05, 4.69) is 47.4 Å². The fourth-order valence-corrected chi connectivity index (χ4v) is 6.01. The number of fused-ring (bicyclic) bond motifs is 1. The first kappa shape index (κ1) is 20.5. The number of amidine groups is 1. The van der Waals surface area contributed by atoms with Gasteiger partial charge in [-0.3, -0.25) is 9.98 Å². The van der Waals surface area contributed by atoms with Crippen LogP contribution in [0.25, 0.3) is 5.69 Å². The maximum Gasteiger partial charge on any atom is 0.160 e. The number of nitrogens with zero attached hydrogens (tertiary/aromatic N) is 4. The average Bonchev–Trinajstić information content (AvgIpc) is 3.38. The predicted octanol–water partition coefficient (Wildman–Crippen LogP) is 5.74. The molecule has 31 heavy (non-hydrogen) atoms. The van der Waals surface area contributed by atoms with Crippen LogP contribution in [0.5, 0.6) is 5.75 Å². The number of hydrogen-bond donors (Lipinski definition) is 0. The van der Waals surface area contributed by atoms with Crippen LogP contribution in [0.4, 0.5) is 0 Å². The van der Waals surface area contributed by atoms with Crippen LogP contribution in [-0.2, 0) is 0 Å². The Labute approximate surface area is 192 Å². The van der Waals surface area contributed by atoms with E-state index in [9.17, 15) is 0 Å². The molecule has 4 heterocycles. The molecule has 1 saturated heterocycles. The number of benzene rings is 1. The van der Waals surface area contributed by atoms with Crippen molar-refractivity contribution >= 4 is 28.5 Å². The van der Waals surface area contributed by atoms with Crippen LogP contribution >= 0.6 is 23.4 Å². The van der Waals surface area contributed by atoms with Gasteiger partial charge in [-0.25, -0.2) is 0 Å². The first-order valence-corrected chi connectivity index (χ1v) is 11.7. The molecule has 2 aliphatic heterocycles. The smallest absolute Gasteiger partial charge is 0.160 e. The number of aromatic nitrogens is 2. The van der Waals surface area contributed by atoms with Gasteiger partial charge in [-0.1, -0.05) is 36.4 Å². The van der Waals surface area contributed by atoms with Crippen LogP contribution in [-0.4, -0.2) is 38.5 Å². The van der Waals surface area contributed by atoms with E-state index in [4.69, 9.17) is 21.3 Å². The average molecular weight is 453 g/mol. The van der Waals surface area contributed by atoms with E-state index in [1.165, 1.54) is 11.3 Å². The maximum absolute atomic E-state index is 6.35. The van der Waals surface area contributed by atoms with Crippen LogP contribution in [0.1, 0.15) is 41.7 Å². The number of aryl methyl sites for hydroxylation is 1. The summed E-state index contributed by atoms with van der Waals surface area (Å²) in [5.41, 5.74) is 5.54. The molecule has 0 spiro atoms. The second-order valence-electron chi connectivity index (χ2n) is 8.11. The molecule has 3 aromatic rings. The summed E-state index contributed by atoms with van der Waals surface area (Å²) < 4.78 is 7.88. The number of aliphatic imine (C=N–C) groups is 1. The number of methoxy groups -OCH3 is 1. The van der Waals surface area contributed by atoms with Crippen molar-refractivity contribution in [1.29, 1.82) is 0 Å². The topological polar surface area (TPSA) is 42.6 Å². The lowest BCUT2D eigenvalue weighted by atomic mass is 9.96. The fourth-order valence-electron chi connectivity index (χ4n) is 4.75. The van der Waals surface area contributed by atoms with E-state index in [-0.39, 0.29) is 12.1 Å². The van der Waals surface area contributed by atoms with E-state index in [0.717, 1.165) is 34.5 Å². The molecule has 160 valence electrons. The number of halogens is 1. The minimum atomic E-state index is -0.0218. The van der Waals surface area contributed by atoms with E-state index < -0.39 is 0 Å². The van der Waals surface area contributed by atoms with Crippen molar-refractivity contribution in [3.8, 4) is 11.4 Å². The normalized spacial score (nSPS) is 22.5. The highest BCUT2D eigenvalue weighted by Gasteiger charge is 2.44. The van der Waals surface area contributed by atoms with Gasteiger partial charge in [-0.2, -0.15) is 0 Å². The van der Waals surface area contributed by atoms with E-state index in [1.54, 1.807) is 7.11 Å². The molecule has 0 radical (unpaired) electrons. The molecule has 0 amide bonds. The van der Waals surface area contributed by atoms with Crippen LogP contribution in [0, 0.1) is 13.8 Å². The van der Waals surface area contributed by atoms with Gasteiger partial charge in [-0.05, 0) is 55.8 Å². The van der Waals surface area contributed by atoms with Gasteiger partial charge in [0.25, 0.3) is 0 Å². The van der Waals surface area contributed by atoms with Crippen molar-refractivity contribution in [2.45, 2.75) is 38.1 Å². The molecule has 2 aliphatic rings. The number of thioether (sulfide) groups is 1. The summed E-state index contributed by atoms with van der Waals surface area (Å²) in [6.45, 7) is 7.55. The van der Waals surface area contributed by atoms with Gasteiger partial charge in [0.1, 0.15) is 11.8 Å². The second kappa shape index (κ2) is 7.92. The van der Waals surface area contributed by atoms with E-state index in [0.29, 0.717) is 10.3 Å². The molecule has 3 atom stereocenters. The predicted molar refractivity (Wildman–Crippen MR) is 128 cm³/mol. The van der Waals surface area contributed by atoms with Crippen LogP contribution in [0.15, 0.2) is 53.7 Å². The van der Waals surface area contributed by atoms with E-state index in [1.807, 2.05) is 48.3 Å². The third-order valence-corrected chi connectivity index (χ3v) is 7.39. The SMILES string of the molecule is COc1ccc(Cl)cc1-n1c(C)cc([C@@H]2[C@H](c3ccccn3)N=C3S[C@H](C)CN32)c1C. The third kappa shape index (κ3) is 3.42. The minimum Gasteiger partial charge on any atom is -0.495 e. The summed E-state index contributed by atoms with van der Waals surface area (Å²) in [5, 5.41) is 2.34. The number of hydrogen-bond acceptors (Lipinski definition) is 5. The molecule has 0 bridgehead atoms. The summed E-state index contributed by atoms with van der Waals surface area (Å²) in [7, 11) is 1.69. The summed E-state index contributed by atoms with van der Waals surface area (Å²) in [6, 6.07) is 14.2. The molecular weight excluding hydrogens is 428 g/mol. The molecule has 5 rings (SSSR count). The van der Waals surface area contributed by atoms with Crippen molar-refractivity contribution < 1.29 is 4.74 Å². The lowest BCUT2D eigenvalue weighted by molar-refractivity contribution is 0.320. The quantitative estimate of drug-likeness (QED) is 0.506. The molecule has 2 aromatic heterocycles. The highest BCUT2D eigenvalue weighted by atomic mass is 35.5. The lowest BCUT2D eigenvalue weighted by Gasteiger charge is -2.27. The molecule has 1 fully saturated rings. The molecule has 1 aromatic carbocycles. The largest absolute Gasteiger partial charge is 0.495 e. The fraction of sp³-hybridized carbons (Fsp3) is 0.333. The van der Waals surface area contributed by atoms with Gasteiger partial charge in [0.05, 0.1) is 24.5 Å². The van der Waals surface area contributed by atoms with Crippen molar-refractivity contribution in [2.75, 3.05) is 13.7 Å². The number of pyridine rings is 1. The van der Waals surface area contributed by atoms with Gasteiger partial charge in [0.2, 0.25) is 0 Å². The standard InChI is InChI=1S/C24H25ClN4OS/c1-14-11-18(16(3)29(14)20-12-17(25)8-9-21(20)30-4)23-22(19-7-5-6-10-26-19)27-24-28(23)13-15(2)31-24/h5-12,15,22-23H,13H2,1-4H3/t15-,22+,23-/m1/s1. The monoisotopic (exact) mass is 452 g/mol. The van der Waals surface area contributed by atoms with Crippen LogP contribution in [0.2, 0.25) is 5.02 Å². The van der Waals surface area contributed by atoms with Crippen molar-refractivity contribution in [3.63, 3.8) is 0 Å². The first-order valence-electron chi connectivity index (χ1n) is 10.4. The van der Waals surface area contributed by atoms with Gasteiger partial charge in [0.15, 0.2) is 5.17 Å². The highest BCUT2D eigenvalue weighted by molar-refractivity contribution is 8.14. The third-order valence-electron chi connectivity index (χ3n) is 6.05. The van der Waals surface area contributed by atoms with Crippen molar-refractivity contribution in [3.05, 3.63) is 76.3 Å². The zero-order valence-corrected chi connectivity index (χ0v) is 19.6. The van der Waals surface area contributed by atoms with Gasteiger partial charge in [-0.15, -0.1) is 0 Å². The Kier molecular flexibility index (Phi) is 5.22. The Morgan fingerprint density at radius 2 is 2.00 bits per heavy atom. The summed E-state index contributed by atoms with van der Waals surface area (Å²) in [5.74, 6) is 0.799. The number of rotatable bonds is 4. The lowest BCUT2D eigenvalue weighted by Crippen LogP contribution is -2.28. The second-order valence-corrected chi connectivity index (χ2v) is 9.96. The summed E-state index contributed by atoms with van der Waals surface area (Å²) >= 11 is 8.21. The van der Waals surface area contributed by atoms with Crippen molar-refractivity contribution in [2.24, 2.45) is 4.99 Å². The Bertz CT molecular complexity index is 1160. The summed E-state index contributed by atoms with van der Waals surface area (Å²) in [6.07, 6.45) is 1.85. The summed E-state index contributed by atoms with van der Waals surface area (Å²) in [4.78, 5) is 12.2. The van der Waals surface area contributed by atoms with Gasteiger partial charge in [0, 0.05) is 34.4 Å². The zero-order valence-electron chi connectivity index (χ0n) is 18.0. The Hall–Kier alpha value is -2.44. The first-order chi connectivity index (χ1) is 15.0. The highest BCUT2D eigenvalue weighted by Crippen LogP contribution is 2.49. The van der Waals surface area contributed by atoms with E-state index >= 15 is 0 Å². The zero-order chi connectivity index (χ0) is 21.7. The van der Waals surface area contributed by atoms with Crippen molar-refractivity contribution in [1.82, 2.24) is 14.5 Å². The molecule has 5 nitrogen and oxygen atoms in total. The Morgan fingerprint density at radius 1 is 1.16 bits per heavy atom. The molecular formula is C24H25ClN4OS.